The molecule has 0 aliphatic heterocycles. The number of H-pyrrole nitrogens is 2. The third-order valence-corrected chi connectivity index (χ3v) is 5.16. The third kappa shape index (κ3) is 2.18. The molecule has 2 heterocycles. The van der Waals surface area contributed by atoms with Gasteiger partial charge in [0.25, 0.3) is 0 Å². The van der Waals surface area contributed by atoms with Crippen molar-refractivity contribution in [3.63, 3.8) is 0 Å². The quantitative estimate of drug-likeness (QED) is 0.446. The number of nitrogens with one attached hydrogen (secondary N) is 2. The van der Waals surface area contributed by atoms with Gasteiger partial charge in [0.2, 0.25) is 0 Å². The number of ether oxygens (including phenoxy) is 1. The molecule has 5 nitrogen and oxygen atoms in total. The first-order valence-electron chi connectivity index (χ1n) is 8.66. The van der Waals surface area contributed by atoms with Crippen LogP contribution in [0.4, 0.5) is 0 Å². The monoisotopic (exact) mass is 356 g/mol. The van der Waals surface area contributed by atoms with Gasteiger partial charge in [-0.05, 0) is 48.9 Å². The van der Waals surface area contributed by atoms with E-state index in [1.54, 1.807) is 31.4 Å². The number of hydrogen-bond acceptors (Lipinski definition) is 3. The number of methoxy groups -OCH3 is 1. The van der Waals surface area contributed by atoms with Gasteiger partial charge in [0.1, 0.15) is 5.75 Å². The molecule has 0 unspecified atom stereocenters. The highest BCUT2D eigenvalue weighted by molar-refractivity contribution is 6.03. The summed E-state index contributed by atoms with van der Waals surface area (Å²) >= 11 is 0. The van der Waals surface area contributed by atoms with E-state index < -0.39 is 0 Å². The third-order valence-electron chi connectivity index (χ3n) is 5.16. The molecule has 132 valence electrons. The number of benzene rings is 3. The summed E-state index contributed by atoms with van der Waals surface area (Å²) in [6.45, 7) is 1.96. The number of aromatic amines is 2. The van der Waals surface area contributed by atoms with Gasteiger partial charge in [-0.3, -0.25) is 9.59 Å². The zero-order valence-electron chi connectivity index (χ0n) is 14.8. The van der Waals surface area contributed by atoms with E-state index in [-0.39, 0.29) is 10.9 Å². The number of hydrogen-bond donors (Lipinski definition) is 2. The largest absolute Gasteiger partial charge is 0.497 e. The SMILES string of the molecule is COc1ccc2[nH]c3cc4c(=O)c5cccc(C)c5[nH]c4cc3c(=O)c2c1. The van der Waals surface area contributed by atoms with E-state index in [2.05, 4.69) is 9.97 Å². The van der Waals surface area contributed by atoms with Gasteiger partial charge >= 0.3 is 0 Å². The van der Waals surface area contributed by atoms with Crippen LogP contribution in [0.25, 0.3) is 43.6 Å². The molecular weight excluding hydrogens is 340 g/mol. The van der Waals surface area contributed by atoms with E-state index in [0.717, 1.165) is 11.1 Å². The molecule has 0 aliphatic rings. The van der Waals surface area contributed by atoms with Crippen LogP contribution in [0.2, 0.25) is 0 Å². The van der Waals surface area contributed by atoms with Crippen LogP contribution >= 0.6 is 0 Å². The van der Waals surface area contributed by atoms with Crippen molar-refractivity contribution in [2.75, 3.05) is 7.11 Å². The molecule has 0 saturated carbocycles. The van der Waals surface area contributed by atoms with Gasteiger partial charge in [-0.1, -0.05) is 12.1 Å². The van der Waals surface area contributed by atoms with Crippen LogP contribution in [-0.2, 0) is 0 Å². The Hall–Kier alpha value is -3.60. The fourth-order valence-electron chi connectivity index (χ4n) is 3.72. The Kier molecular flexibility index (Phi) is 3.15. The lowest BCUT2D eigenvalue weighted by atomic mass is 10.0. The summed E-state index contributed by atoms with van der Waals surface area (Å²) in [6, 6.07) is 14.5. The minimum absolute atomic E-state index is 0.0416. The summed E-state index contributed by atoms with van der Waals surface area (Å²) in [7, 11) is 1.57. The van der Waals surface area contributed by atoms with Crippen LogP contribution in [0.3, 0.4) is 0 Å². The highest BCUT2D eigenvalue weighted by atomic mass is 16.5. The first-order chi connectivity index (χ1) is 13.1. The number of fused-ring (bicyclic) bond motifs is 4. The van der Waals surface area contributed by atoms with E-state index in [9.17, 15) is 9.59 Å². The number of aromatic nitrogens is 2. The average Bonchev–Trinajstić information content (AvgIpc) is 2.68. The molecule has 5 heteroatoms. The Balaban J connectivity index is 1.98. The summed E-state index contributed by atoms with van der Waals surface area (Å²) in [4.78, 5) is 32.6. The lowest BCUT2D eigenvalue weighted by molar-refractivity contribution is 0.415. The Bertz CT molecular complexity index is 1510. The van der Waals surface area contributed by atoms with Gasteiger partial charge < -0.3 is 14.7 Å². The molecule has 0 atom stereocenters. The highest BCUT2D eigenvalue weighted by Crippen LogP contribution is 2.24. The molecule has 0 amide bonds. The molecule has 0 fully saturated rings. The summed E-state index contributed by atoms with van der Waals surface area (Å²) in [5.41, 5.74) is 3.66. The number of para-hydroxylation sites is 1. The second-order valence-corrected chi connectivity index (χ2v) is 6.76. The van der Waals surface area contributed by atoms with Crippen LogP contribution in [0.15, 0.2) is 58.1 Å². The smallest absolute Gasteiger partial charge is 0.197 e. The molecule has 0 aliphatic carbocycles. The Labute approximate surface area is 153 Å². The predicted octanol–water partition coefficient (Wildman–Crippen LogP) is 3.99. The zero-order valence-corrected chi connectivity index (χ0v) is 14.8. The number of rotatable bonds is 1. The Morgan fingerprint density at radius 3 is 2.15 bits per heavy atom. The second-order valence-electron chi connectivity index (χ2n) is 6.76. The minimum Gasteiger partial charge on any atom is -0.497 e. The van der Waals surface area contributed by atoms with E-state index in [1.165, 1.54) is 0 Å². The zero-order chi connectivity index (χ0) is 18.7. The summed E-state index contributed by atoms with van der Waals surface area (Å²) < 4.78 is 5.24. The first-order valence-corrected chi connectivity index (χ1v) is 8.66. The fourth-order valence-corrected chi connectivity index (χ4v) is 3.72. The summed E-state index contributed by atoms with van der Waals surface area (Å²) in [5, 5.41) is 2.30. The topological polar surface area (TPSA) is 75.0 Å². The molecule has 3 aromatic carbocycles. The van der Waals surface area contributed by atoms with Crippen LogP contribution < -0.4 is 15.6 Å². The maximum Gasteiger partial charge on any atom is 0.197 e. The van der Waals surface area contributed by atoms with E-state index in [1.807, 2.05) is 31.2 Å². The molecule has 27 heavy (non-hydrogen) atoms. The van der Waals surface area contributed by atoms with Gasteiger partial charge in [0.05, 0.1) is 29.2 Å². The van der Waals surface area contributed by atoms with Gasteiger partial charge in [-0.15, -0.1) is 0 Å². The number of aryl methyl sites for hydroxylation is 1. The molecule has 2 aromatic heterocycles. The van der Waals surface area contributed by atoms with Crippen LogP contribution in [0.1, 0.15) is 5.56 Å². The first kappa shape index (κ1) is 15.6. The predicted molar refractivity (Wildman–Crippen MR) is 109 cm³/mol. The van der Waals surface area contributed by atoms with Gasteiger partial charge in [0.15, 0.2) is 10.9 Å². The molecule has 2 N–H and O–H groups in total. The van der Waals surface area contributed by atoms with Crippen molar-refractivity contribution >= 4 is 43.6 Å². The van der Waals surface area contributed by atoms with Crippen LogP contribution in [-0.4, -0.2) is 17.1 Å². The van der Waals surface area contributed by atoms with E-state index in [4.69, 9.17) is 4.74 Å². The molecule has 0 spiro atoms. The lowest BCUT2D eigenvalue weighted by Gasteiger charge is -2.08. The molecule has 5 aromatic rings. The van der Waals surface area contributed by atoms with Gasteiger partial charge in [-0.2, -0.15) is 0 Å². The molecular formula is C22H16N2O3. The molecule has 0 bridgehead atoms. The van der Waals surface area contributed by atoms with Crippen LogP contribution in [0.5, 0.6) is 5.75 Å². The van der Waals surface area contributed by atoms with Crippen molar-refractivity contribution in [2.45, 2.75) is 6.92 Å². The van der Waals surface area contributed by atoms with Gasteiger partial charge in [0, 0.05) is 21.5 Å². The van der Waals surface area contributed by atoms with E-state index in [0.29, 0.717) is 43.8 Å². The van der Waals surface area contributed by atoms with Crippen molar-refractivity contribution in [3.05, 3.63) is 74.5 Å². The summed E-state index contributed by atoms with van der Waals surface area (Å²) in [5.74, 6) is 0.628. The summed E-state index contributed by atoms with van der Waals surface area (Å²) in [6.07, 6.45) is 0. The van der Waals surface area contributed by atoms with Gasteiger partial charge in [-0.25, -0.2) is 0 Å². The Morgan fingerprint density at radius 1 is 0.741 bits per heavy atom. The second kappa shape index (κ2) is 5.45. The van der Waals surface area contributed by atoms with Crippen LogP contribution in [0, 0.1) is 6.92 Å². The lowest BCUT2D eigenvalue weighted by Crippen LogP contribution is -2.08. The molecule has 0 radical (unpaired) electrons. The van der Waals surface area contributed by atoms with Crippen molar-refractivity contribution in [2.24, 2.45) is 0 Å². The van der Waals surface area contributed by atoms with Crippen molar-refractivity contribution < 1.29 is 4.74 Å². The average molecular weight is 356 g/mol. The van der Waals surface area contributed by atoms with Crippen molar-refractivity contribution in [1.29, 1.82) is 0 Å². The standard InChI is InChI=1S/C22H16N2O3/c1-11-4-3-5-13-20(11)24-19-10-15-18(9-16(19)21(13)25)23-17-7-6-12(27-2)8-14(17)22(15)26/h3-10H,1-2H3,(H,23,26)(H,24,25). The highest BCUT2D eigenvalue weighted by Gasteiger charge is 2.12. The minimum atomic E-state index is -0.0923. The normalized spacial score (nSPS) is 11.6. The molecule has 5 rings (SSSR count). The maximum atomic E-state index is 13.0. The van der Waals surface area contributed by atoms with Crippen molar-refractivity contribution in [1.82, 2.24) is 9.97 Å². The Morgan fingerprint density at radius 2 is 1.41 bits per heavy atom. The fraction of sp³-hybridized carbons (Fsp3) is 0.0909. The molecule has 0 saturated heterocycles. The van der Waals surface area contributed by atoms with Crippen molar-refractivity contribution in [3.8, 4) is 5.75 Å². The van der Waals surface area contributed by atoms with E-state index >= 15 is 0 Å². The number of pyridine rings is 2. The maximum absolute atomic E-state index is 13.0.